The van der Waals surface area contributed by atoms with Crippen molar-refractivity contribution in [2.75, 3.05) is 40.3 Å². The van der Waals surface area contributed by atoms with E-state index >= 15 is 0 Å². The Balaban J connectivity index is 1.47. The molecule has 156 valence electrons. The molecule has 1 aromatic carbocycles. The third-order valence-electron chi connectivity index (χ3n) is 4.71. The highest BCUT2D eigenvalue weighted by atomic mass is 16.5. The van der Waals surface area contributed by atoms with E-state index in [1.807, 2.05) is 35.2 Å². The number of nitrogens with zero attached hydrogens (tertiary/aromatic N) is 5. The first-order valence-electron chi connectivity index (χ1n) is 9.86. The van der Waals surface area contributed by atoms with Gasteiger partial charge in [-0.3, -0.25) is 19.9 Å². The van der Waals surface area contributed by atoms with Crippen LogP contribution < -0.4 is 5.43 Å². The number of benzene rings is 1. The maximum Gasteiger partial charge on any atom is 0.257 e. The van der Waals surface area contributed by atoms with E-state index in [1.165, 1.54) is 0 Å². The van der Waals surface area contributed by atoms with Gasteiger partial charge in [0, 0.05) is 58.7 Å². The predicted octanol–water partition coefficient (Wildman–Crippen LogP) is 1.14. The molecular formula is C20H28N6O3. The Morgan fingerprint density at radius 3 is 2.66 bits per heavy atom. The quantitative estimate of drug-likeness (QED) is 0.697. The molecule has 1 N–H and O–H groups in total. The zero-order valence-electron chi connectivity index (χ0n) is 17.0. The van der Waals surface area contributed by atoms with Gasteiger partial charge in [-0.1, -0.05) is 23.4 Å². The molecule has 0 spiro atoms. The van der Waals surface area contributed by atoms with Gasteiger partial charge in [0.2, 0.25) is 11.8 Å². The number of aromatic nitrogens is 2. The van der Waals surface area contributed by atoms with E-state index < -0.39 is 0 Å². The van der Waals surface area contributed by atoms with Gasteiger partial charge in [0.05, 0.1) is 6.54 Å². The van der Waals surface area contributed by atoms with Gasteiger partial charge in [-0.2, -0.15) is 4.98 Å². The SMILES string of the molecule is CN(C)NC(=O)CCC(=O)N1CCCN(Cc2noc(-c3ccccc3)n2)CC1. The van der Waals surface area contributed by atoms with Crippen LogP contribution in [0.1, 0.15) is 25.1 Å². The number of carbonyl (C=O) groups excluding carboxylic acids is 2. The summed E-state index contributed by atoms with van der Waals surface area (Å²) in [7, 11) is 3.49. The van der Waals surface area contributed by atoms with Crippen LogP contribution in [0.5, 0.6) is 0 Å². The van der Waals surface area contributed by atoms with E-state index in [9.17, 15) is 9.59 Å². The van der Waals surface area contributed by atoms with Crippen LogP contribution in [0.4, 0.5) is 0 Å². The fourth-order valence-electron chi connectivity index (χ4n) is 3.28. The Hall–Kier alpha value is -2.78. The van der Waals surface area contributed by atoms with Gasteiger partial charge in [0.25, 0.3) is 5.89 Å². The standard InChI is InChI=1S/C20H28N6O3/c1-24(2)22-18(27)9-10-19(28)26-12-6-11-25(13-14-26)15-17-21-20(29-23-17)16-7-4-3-5-8-16/h3-5,7-8H,6,9-15H2,1-2H3,(H,22,27). The average molecular weight is 400 g/mol. The summed E-state index contributed by atoms with van der Waals surface area (Å²) in [6.45, 7) is 3.53. The first-order chi connectivity index (χ1) is 14.0. The molecule has 2 amide bonds. The number of nitrogens with one attached hydrogen (secondary N) is 1. The lowest BCUT2D eigenvalue weighted by Gasteiger charge is -2.21. The summed E-state index contributed by atoms with van der Waals surface area (Å²) in [4.78, 5) is 32.7. The minimum Gasteiger partial charge on any atom is -0.341 e. The second-order valence-electron chi connectivity index (χ2n) is 7.32. The molecule has 9 heteroatoms. The molecule has 0 unspecified atom stereocenters. The van der Waals surface area contributed by atoms with E-state index in [1.54, 1.807) is 19.1 Å². The topological polar surface area (TPSA) is 94.8 Å². The van der Waals surface area contributed by atoms with Gasteiger partial charge >= 0.3 is 0 Å². The molecule has 0 saturated carbocycles. The molecule has 0 radical (unpaired) electrons. The first-order valence-corrected chi connectivity index (χ1v) is 9.86. The molecule has 9 nitrogen and oxygen atoms in total. The van der Waals surface area contributed by atoms with Gasteiger partial charge in [-0.15, -0.1) is 0 Å². The zero-order chi connectivity index (χ0) is 20.6. The third-order valence-corrected chi connectivity index (χ3v) is 4.71. The van der Waals surface area contributed by atoms with Crippen molar-refractivity contribution in [1.82, 2.24) is 30.4 Å². The highest BCUT2D eigenvalue weighted by Gasteiger charge is 2.21. The highest BCUT2D eigenvalue weighted by Crippen LogP contribution is 2.17. The van der Waals surface area contributed by atoms with Crippen molar-refractivity contribution in [3.05, 3.63) is 36.2 Å². The normalized spacial score (nSPS) is 15.3. The third kappa shape index (κ3) is 6.37. The summed E-state index contributed by atoms with van der Waals surface area (Å²) in [6, 6.07) is 9.68. The predicted molar refractivity (Wildman–Crippen MR) is 107 cm³/mol. The highest BCUT2D eigenvalue weighted by molar-refractivity contribution is 5.83. The monoisotopic (exact) mass is 400 g/mol. The molecule has 1 aromatic heterocycles. The number of carbonyl (C=O) groups is 2. The molecule has 2 heterocycles. The minimum absolute atomic E-state index is 0.0201. The van der Waals surface area contributed by atoms with Gasteiger partial charge in [-0.05, 0) is 18.6 Å². The fraction of sp³-hybridized carbons (Fsp3) is 0.500. The molecule has 1 saturated heterocycles. The zero-order valence-corrected chi connectivity index (χ0v) is 17.0. The first kappa shape index (κ1) is 20.9. The second-order valence-corrected chi connectivity index (χ2v) is 7.32. The Labute approximate surface area is 170 Å². The van der Waals surface area contributed by atoms with Crippen molar-refractivity contribution in [1.29, 1.82) is 0 Å². The van der Waals surface area contributed by atoms with Crippen LogP contribution in [-0.4, -0.2) is 77.0 Å². The maximum atomic E-state index is 12.4. The van der Waals surface area contributed by atoms with E-state index in [4.69, 9.17) is 4.52 Å². The lowest BCUT2D eigenvalue weighted by Crippen LogP contribution is -2.38. The Morgan fingerprint density at radius 2 is 1.90 bits per heavy atom. The Bertz CT molecular complexity index is 808. The van der Waals surface area contributed by atoms with Crippen molar-refractivity contribution >= 4 is 11.8 Å². The van der Waals surface area contributed by atoms with Crippen molar-refractivity contribution < 1.29 is 14.1 Å². The summed E-state index contributed by atoms with van der Waals surface area (Å²) in [5.74, 6) is 1.03. The van der Waals surface area contributed by atoms with Crippen LogP contribution >= 0.6 is 0 Å². The van der Waals surface area contributed by atoms with Crippen molar-refractivity contribution in [2.24, 2.45) is 0 Å². The average Bonchev–Trinajstić information content (AvgIpc) is 3.04. The number of hydrogen-bond acceptors (Lipinski definition) is 7. The summed E-state index contributed by atoms with van der Waals surface area (Å²) >= 11 is 0. The van der Waals surface area contributed by atoms with E-state index in [0.29, 0.717) is 31.3 Å². The molecule has 0 bridgehead atoms. The smallest absolute Gasteiger partial charge is 0.257 e. The summed E-state index contributed by atoms with van der Waals surface area (Å²) < 4.78 is 5.37. The van der Waals surface area contributed by atoms with Gasteiger partial charge in [-0.25, -0.2) is 5.01 Å². The number of hydrogen-bond donors (Lipinski definition) is 1. The number of rotatable bonds is 7. The van der Waals surface area contributed by atoms with Crippen LogP contribution in [0.2, 0.25) is 0 Å². The van der Waals surface area contributed by atoms with Crippen LogP contribution in [0.15, 0.2) is 34.9 Å². The van der Waals surface area contributed by atoms with Crippen molar-refractivity contribution in [3.63, 3.8) is 0 Å². The van der Waals surface area contributed by atoms with Crippen LogP contribution in [0, 0.1) is 0 Å². The number of amides is 2. The molecule has 0 atom stereocenters. The molecule has 0 aliphatic carbocycles. The van der Waals surface area contributed by atoms with Gasteiger partial charge in [0.1, 0.15) is 0 Å². The van der Waals surface area contributed by atoms with Gasteiger partial charge < -0.3 is 9.42 Å². The number of hydrazine groups is 1. The van der Waals surface area contributed by atoms with Crippen LogP contribution in [0.3, 0.4) is 0 Å². The van der Waals surface area contributed by atoms with Gasteiger partial charge in [0.15, 0.2) is 5.82 Å². The Morgan fingerprint density at radius 1 is 1.10 bits per heavy atom. The molecule has 29 heavy (non-hydrogen) atoms. The molecule has 2 aromatic rings. The Kier molecular flexibility index (Phi) is 7.31. The minimum atomic E-state index is -0.147. The lowest BCUT2D eigenvalue weighted by molar-refractivity contribution is -0.134. The largest absolute Gasteiger partial charge is 0.341 e. The molecule has 1 fully saturated rings. The summed E-state index contributed by atoms with van der Waals surface area (Å²) in [5, 5.41) is 5.67. The van der Waals surface area contributed by atoms with Crippen LogP contribution in [0.25, 0.3) is 11.5 Å². The maximum absolute atomic E-state index is 12.4. The fourth-order valence-corrected chi connectivity index (χ4v) is 3.28. The molecule has 3 rings (SSSR count). The summed E-state index contributed by atoms with van der Waals surface area (Å²) in [6.07, 6.45) is 1.30. The van der Waals surface area contributed by atoms with Crippen molar-refractivity contribution in [3.8, 4) is 11.5 Å². The molecule has 1 aliphatic heterocycles. The van der Waals surface area contributed by atoms with Crippen molar-refractivity contribution in [2.45, 2.75) is 25.8 Å². The molecule has 1 aliphatic rings. The van der Waals surface area contributed by atoms with E-state index in [0.717, 1.165) is 25.1 Å². The second kappa shape index (κ2) is 10.1. The molecular weight excluding hydrogens is 372 g/mol. The van der Waals surface area contributed by atoms with E-state index in [-0.39, 0.29) is 24.7 Å². The summed E-state index contributed by atoms with van der Waals surface area (Å²) in [5.41, 5.74) is 3.55. The lowest BCUT2D eigenvalue weighted by atomic mass is 10.2. The van der Waals surface area contributed by atoms with Crippen LogP contribution in [-0.2, 0) is 16.1 Å². The van der Waals surface area contributed by atoms with E-state index in [2.05, 4.69) is 20.5 Å².